The molecule has 4 aromatic rings. The van der Waals surface area contributed by atoms with Crippen molar-refractivity contribution in [2.45, 2.75) is 10.1 Å². The Labute approximate surface area is 218 Å². The van der Waals surface area contributed by atoms with Gasteiger partial charge in [-0.3, -0.25) is 9.59 Å². The van der Waals surface area contributed by atoms with Gasteiger partial charge in [0.2, 0.25) is 5.91 Å². The van der Waals surface area contributed by atoms with Crippen LogP contribution in [-0.4, -0.2) is 30.0 Å². The summed E-state index contributed by atoms with van der Waals surface area (Å²) in [6.45, 7) is 0. The number of thioether (sulfide) groups is 1. The topological polar surface area (TPSA) is 105 Å². The summed E-state index contributed by atoms with van der Waals surface area (Å²) < 4.78 is 5.18. The summed E-state index contributed by atoms with van der Waals surface area (Å²) in [7, 11) is 1.58. The van der Waals surface area contributed by atoms with Gasteiger partial charge in [-0.2, -0.15) is 0 Å². The predicted molar refractivity (Wildman–Crippen MR) is 144 cm³/mol. The van der Waals surface area contributed by atoms with Crippen LogP contribution in [0.3, 0.4) is 0 Å². The smallest absolute Gasteiger partial charge is 0.336 e. The molecule has 186 valence electrons. The average molecular weight is 513 g/mol. The highest BCUT2D eigenvalue weighted by atomic mass is 32.2. The largest absolute Gasteiger partial charge is 0.497 e. The quantitative estimate of drug-likeness (QED) is 0.234. The molecular formula is C29H24N2O5S. The SMILES string of the molecule is COc1ccc(NC(=O)C(Sc2cccc(NC(=O)c3ccccc3C(=O)O)c2)c2ccccc2)cc1. The van der Waals surface area contributed by atoms with Gasteiger partial charge in [-0.05, 0) is 60.2 Å². The molecule has 8 heteroatoms. The van der Waals surface area contributed by atoms with Crippen LogP contribution < -0.4 is 15.4 Å². The highest BCUT2D eigenvalue weighted by Gasteiger charge is 2.23. The highest BCUT2D eigenvalue weighted by Crippen LogP contribution is 2.37. The van der Waals surface area contributed by atoms with Gasteiger partial charge >= 0.3 is 5.97 Å². The van der Waals surface area contributed by atoms with Crippen LogP contribution in [0, 0.1) is 0 Å². The molecule has 4 aromatic carbocycles. The number of hydrogen-bond donors (Lipinski definition) is 3. The molecule has 4 rings (SSSR count). The van der Waals surface area contributed by atoms with Crippen molar-refractivity contribution in [3.8, 4) is 5.75 Å². The van der Waals surface area contributed by atoms with E-state index in [-0.39, 0.29) is 17.0 Å². The van der Waals surface area contributed by atoms with Crippen molar-refractivity contribution in [2.75, 3.05) is 17.7 Å². The van der Waals surface area contributed by atoms with Crippen LogP contribution in [0.5, 0.6) is 5.75 Å². The van der Waals surface area contributed by atoms with Crippen molar-refractivity contribution in [1.82, 2.24) is 0 Å². The molecule has 1 atom stereocenters. The number of amides is 2. The summed E-state index contributed by atoms with van der Waals surface area (Å²) in [5.74, 6) is -1.22. The Morgan fingerprint density at radius 2 is 1.43 bits per heavy atom. The third-order valence-electron chi connectivity index (χ3n) is 5.45. The number of methoxy groups -OCH3 is 1. The van der Waals surface area contributed by atoms with E-state index in [2.05, 4.69) is 10.6 Å². The van der Waals surface area contributed by atoms with Crippen LogP contribution in [0.1, 0.15) is 31.5 Å². The van der Waals surface area contributed by atoms with Crippen LogP contribution in [0.15, 0.2) is 108 Å². The van der Waals surface area contributed by atoms with E-state index in [1.807, 2.05) is 36.4 Å². The number of nitrogens with one attached hydrogen (secondary N) is 2. The third-order valence-corrected chi connectivity index (χ3v) is 6.69. The van der Waals surface area contributed by atoms with Gasteiger partial charge < -0.3 is 20.5 Å². The van der Waals surface area contributed by atoms with E-state index in [9.17, 15) is 19.5 Å². The van der Waals surface area contributed by atoms with E-state index in [1.54, 1.807) is 61.7 Å². The van der Waals surface area contributed by atoms with E-state index in [0.717, 1.165) is 10.5 Å². The standard InChI is InChI=1S/C29H24N2O5S/c1-36-22-16-14-20(15-17-22)30-28(33)26(19-8-3-2-4-9-19)37-23-11-7-10-21(18-23)31-27(32)24-12-5-6-13-25(24)29(34)35/h2-18,26H,1H3,(H,30,33)(H,31,32)(H,34,35). The number of carboxylic acid groups (broad SMARTS) is 1. The van der Waals surface area contributed by atoms with Gasteiger partial charge in [0.05, 0.1) is 18.2 Å². The lowest BCUT2D eigenvalue weighted by Crippen LogP contribution is -2.19. The van der Waals surface area contributed by atoms with E-state index in [4.69, 9.17) is 4.74 Å². The molecule has 0 bridgehead atoms. The Kier molecular flexibility index (Phi) is 8.22. The van der Waals surface area contributed by atoms with E-state index >= 15 is 0 Å². The summed E-state index contributed by atoms with van der Waals surface area (Å²) in [5, 5.41) is 14.5. The van der Waals surface area contributed by atoms with Gasteiger partial charge in [-0.15, -0.1) is 11.8 Å². The van der Waals surface area contributed by atoms with E-state index in [1.165, 1.54) is 23.9 Å². The van der Waals surface area contributed by atoms with Crippen LogP contribution in [0.25, 0.3) is 0 Å². The first-order chi connectivity index (χ1) is 17.9. The molecule has 0 aliphatic carbocycles. The molecule has 0 spiro atoms. The van der Waals surface area contributed by atoms with Crippen molar-refractivity contribution < 1.29 is 24.2 Å². The minimum atomic E-state index is -1.18. The second-order valence-corrected chi connectivity index (χ2v) is 9.14. The van der Waals surface area contributed by atoms with Gasteiger partial charge in [-0.1, -0.05) is 48.5 Å². The maximum atomic E-state index is 13.3. The fraction of sp³-hybridized carbons (Fsp3) is 0.0690. The first-order valence-electron chi connectivity index (χ1n) is 11.3. The Balaban J connectivity index is 1.54. The number of hydrogen-bond acceptors (Lipinski definition) is 5. The number of ether oxygens (including phenoxy) is 1. The molecule has 7 nitrogen and oxygen atoms in total. The van der Waals surface area contributed by atoms with Crippen molar-refractivity contribution in [1.29, 1.82) is 0 Å². The van der Waals surface area contributed by atoms with Crippen molar-refractivity contribution in [3.05, 3.63) is 120 Å². The molecule has 1 unspecified atom stereocenters. The summed E-state index contributed by atoms with van der Waals surface area (Å²) in [6.07, 6.45) is 0. The fourth-order valence-corrected chi connectivity index (χ4v) is 4.72. The number of anilines is 2. The lowest BCUT2D eigenvalue weighted by molar-refractivity contribution is -0.115. The molecule has 0 radical (unpaired) electrons. The monoisotopic (exact) mass is 512 g/mol. The summed E-state index contributed by atoms with van der Waals surface area (Å²) in [6, 6.07) is 29.6. The maximum Gasteiger partial charge on any atom is 0.336 e. The Bertz CT molecular complexity index is 1410. The normalized spacial score (nSPS) is 11.3. The maximum absolute atomic E-state index is 13.3. The zero-order valence-electron chi connectivity index (χ0n) is 19.9. The predicted octanol–water partition coefficient (Wildman–Crippen LogP) is 6.12. The number of carboxylic acids is 1. The number of benzene rings is 4. The van der Waals surface area contributed by atoms with Crippen molar-refractivity contribution >= 4 is 40.9 Å². The molecule has 0 heterocycles. The number of rotatable bonds is 9. The Morgan fingerprint density at radius 1 is 0.757 bits per heavy atom. The zero-order chi connectivity index (χ0) is 26.2. The van der Waals surface area contributed by atoms with Crippen LogP contribution in [0.4, 0.5) is 11.4 Å². The Hall–Kier alpha value is -4.56. The first-order valence-corrected chi connectivity index (χ1v) is 12.2. The summed E-state index contributed by atoms with van der Waals surface area (Å²) in [4.78, 5) is 38.4. The lowest BCUT2D eigenvalue weighted by Gasteiger charge is -2.18. The van der Waals surface area contributed by atoms with Crippen LogP contribution in [-0.2, 0) is 4.79 Å². The molecule has 0 aromatic heterocycles. The van der Waals surface area contributed by atoms with Gasteiger partial charge in [0, 0.05) is 16.3 Å². The minimum Gasteiger partial charge on any atom is -0.497 e. The third kappa shape index (κ3) is 6.56. The van der Waals surface area contributed by atoms with Crippen molar-refractivity contribution in [2.24, 2.45) is 0 Å². The average Bonchev–Trinajstić information content (AvgIpc) is 2.92. The summed E-state index contributed by atoms with van der Waals surface area (Å²) in [5.41, 5.74) is 1.94. The molecule has 0 fully saturated rings. The molecule has 0 saturated carbocycles. The zero-order valence-corrected chi connectivity index (χ0v) is 20.7. The first kappa shape index (κ1) is 25.5. The molecule has 37 heavy (non-hydrogen) atoms. The molecule has 0 aliphatic rings. The van der Waals surface area contributed by atoms with Gasteiger partial charge in [0.15, 0.2) is 0 Å². The highest BCUT2D eigenvalue weighted by molar-refractivity contribution is 8.00. The van der Waals surface area contributed by atoms with Crippen LogP contribution in [0.2, 0.25) is 0 Å². The Morgan fingerprint density at radius 3 is 2.11 bits per heavy atom. The number of aromatic carboxylic acids is 1. The lowest BCUT2D eigenvalue weighted by atomic mass is 10.1. The van der Waals surface area contributed by atoms with Gasteiger partial charge in [0.1, 0.15) is 11.0 Å². The number of carbonyl (C=O) groups is 3. The molecular weight excluding hydrogens is 488 g/mol. The molecule has 0 saturated heterocycles. The molecule has 0 aliphatic heterocycles. The van der Waals surface area contributed by atoms with E-state index in [0.29, 0.717) is 17.1 Å². The van der Waals surface area contributed by atoms with Crippen molar-refractivity contribution in [3.63, 3.8) is 0 Å². The fourth-order valence-electron chi connectivity index (χ4n) is 3.63. The van der Waals surface area contributed by atoms with E-state index < -0.39 is 17.1 Å². The van der Waals surface area contributed by atoms with Gasteiger partial charge in [0.25, 0.3) is 5.91 Å². The summed E-state index contributed by atoms with van der Waals surface area (Å²) >= 11 is 1.34. The van der Waals surface area contributed by atoms with Gasteiger partial charge in [-0.25, -0.2) is 4.79 Å². The second kappa shape index (κ2) is 11.9. The number of carbonyl (C=O) groups excluding carboxylic acids is 2. The second-order valence-electron chi connectivity index (χ2n) is 7.96. The molecule has 2 amide bonds. The minimum absolute atomic E-state index is 0.0640. The molecule has 3 N–H and O–H groups in total. The van der Waals surface area contributed by atoms with Crippen LogP contribution >= 0.6 is 11.8 Å².